The van der Waals surface area contributed by atoms with Crippen LogP contribution >= 0.6 is 0 Å². The summed E-state index contributed by atoms with van der Waals surface area (Å²) in [6.07, 6.45) is -0.168. The Labute approximate surface area is 138 Å². The number of ether oxygens (including phenoxy) is 2. The van der Waals surface area contributed by atoms with Crippen molar-refractivity contribution in [2.24, 2.45) is 11.7 Å². The van der Waals surface area contributed by atoms with Crippen molar-refractivity contribution in [2.75, 3.05) is 19.6 Å². The molecule has 0 aliphatic carbocycles. The quantitative estimate of drug-likeness (QED) is 0.809. The molecule has 0 aromatic rings. The van der Waals surface area contributed by atoms with Crippen LogP contribution in [0.3, 0.4) is 0 Å². The van der Waals surface area contributed by atoms with Crippen molar-refractivity contribution in [3.8, 4) is 0 Å². The Kier molecular flexibility index (Phi) is 6.27. The van der Waals surface area contributed by atoms with Crippen molar-refractivity contribution in [1.29, 1.82) is 0 Å². The SMILES string of the molecule is CC(C)(C)OC(=O)N[C@@H]1CCN(C(=O)OC(C)(C)C)C[C@H]1CN. The summed E-state index contributed by atoms with van der Waals surface area (Å²) < 4.78 is 10.7. The fourth-order valence-electron chi connectivity index (χ4n) is 2.41. The minimum Gasteiger partial charge on any atom is -0.444 e. The third kappa shape index (κ3) is 7.07. The van der Waals surface area contributed by atoms with Crippen LogP contribution in [0.2, 0.25) is 0 Å². The maximum absolute atomic E-state index is 12.1. The predicted molar refractivity (Wildman–Crippen MR) is 88.1 cm³/mol. The van der Waals surface area contributed by atoms with Crippen LogP contribution in [-0.2, 0) is 9.47 Å². The highest BCUT2D eigenvalue weighted by atomic mass is 16.6. The molecule has 3 N–H and O–H groups in total. The lowest BCUT2D eigenvalue weighted by molar-refractivity contribution is 0.0122. The highest BCUT2D eigenvalue weighted by molar-refractivity contribution is 5.69. The Morgan fingerprint density at radius 2 is 1.70 bits per heavy atom. The van der Waals surface area contributed by atoms with Gasteiger partial charge in [0.05, 0.1) is 0 Å². The number of piperidine rings is 1. The van der Waals surface area contributed by atoms with E-state index in [0.717, 1.165) is 0 Å². The first-order valence-corrected chi connectivity index (χ1v) is 8.09. The number of nitrogens with one attached hydrogen (secondary N) is 1. The first-order chi connectivity index (χ1) is 10.4. The first-order valence-electron chi connectivity index (χ1n) is 8.09. The average Bonchev–Trinajstić information content (AvgIpc) is 2.34. The van der Waals surface area contributed by atoms with Gasteiger partial charge in [0, 0.05) is 25.0 Å². The Morgan fingerprint density at radius 3 is 2.17 bits per heavy atom. The number of rotatable bonds is 2. The highest BCUT2D eigenvalue weighted by Gasteiger charge is 2.34. The summed E-state index contributed by atoms with van der Waals surface area (Å²) in [6, 6.07) is -0.103. The van der Waals surface area contributed by atoms with Gasteiger partial charge in [-0.2, -0.15) is 0 Å². The third-order valence-corrected chi connectivity index (χ3v) is 3.39. The molecule has 1 fully saturated rings. The van der Waals surface area contributed by atoms with E-state index in [1.54, 1.807) is 4.90 Å². The van der Waals surface area contributed by atoms with E-state index in [2.05, 4.69) is 5.32 Å². The van der Waals surface area contributed by atoms with Gasteiger partial charge >= 0.3 is 12.2 Å². The second-order valence-corrected chi connectivity index (χ2v) is 7.96. The molecule has 2 amide bonds. The summed E-state index contributed by atoms with van der Waals surface area (Å²) in [7, 11) is 0. The van der Waals surface area contributed by atoms with Crippen molar-refractivity contribution in [2.45, 2.75) is 65.2 Å². The number of nitrogens with zero attached hydrogens (tertiary/aromatic N) is 1. The number of amides is 2. The Morgan fingerprint density at radius 1 is 1.13 bits per heavy atom. The zero-order chi connectivity index (χ0) is 17.8. The molecular formula is C16H31N3O4. The van der Waals surface area contributed by atoms with Gasteiger partial charge in [0.15, 0.2) is 0 Å². The fraction of sp³-hybridized carbons (Fsp3) is 0.875. The Balaban J connectivity index is 2.59. The summed E-state index contributed by atoms with van der Waals surface area (Å²) in [5.41, 5.74) is 4.75. The van der Waals surface area contributed by atoms with E-state index in [0.29, 0.717) is 26.1 Å². The van der Waals surface area contributed by atoms with Gasteiger partial charge in [0.1, 0.15) is 11.2 Å². The van der Waals surface area contributed by atoms with Gasteiger partial charge in [-0.25, -0.2) is 9.59 Å². The third-order valence-electron chi connectivity index (χ3n) is 3.39. The number of alkyl carbamates (subject to hydrolysis) is 1. The maximum Gasteiger partial charge on any atom is 0.410 e. The van der Waals surface area contributed by atoms with Crippen LogP contribution in [-0.4, -0.2) is 54.0 Å². The lowest BCUT2D eigenvalue weighted by Gasteiger charge is -2.39. The smallest absolute Gasteiger partial charge is 0.410 e. The van der Waals surface area contributed by atoms with Crippen LogP contribution in [0.1, 0.15) is 48.0 Å². The number of nitrogens with two attached hydrogens (primary N) is 1. The van der Waals surface area contributed by atoms with Crippen LogP contribution in [0.5, 0.6) is 0 Å². The van der Waals surface area contributed by atoms with Gasteiger partial charge in [0.25, 0.3) is 0 Å². The summed E-state index contributed by atoms with van der Waals surface area (Å²) in [4.78, 5) is 25.7. The summed E-state index contributed by atoms with van der Waals surface area (Å²) in [6.45, 7) is 12.3. The van der Waals surface area contributed by atoms with E-state index in [-0.39, 0.29) is 18.1 Å². The van der Waals surface area contributed by atoms with Crippen molar-refractivity contribution in [3.63, 3.8) is 0 Å². The van der Waals surface area contributed by atoms with Crippen LogP contribution in [0.15, 0.2) is 0 Å². The minimum atomic E-state index is -0.542. The normalized spacial score (nSPS) is 22.5. The van der Waals surface area contributed by atoms with E-state index in [9.17, 15) is 9.59 Å². The van der Waals surface area contributed by atoms with Crippen molar-refractivity contribution in [1.82, 2.24) is 10.2 Å². The van der Waals surface area contributed by atoms with Crippen molar-refractivity contribution in [3.05, 3.63) is 0 Å². The lowest BCUT2D eigenvalue weighted by Crippen LogP contribution is -2.55. The molecule has 0 spiro atoms. The van der Waals surface area contributed by atoms with Crippen LogP contribution in [0.25, 0.3) is 0 Å². The zero-order valence-corrected chi connectivity index (χ0v) is 15.1. The van der Waals surface area contributed by atoms with Gasteiger partial charge in [-0.15, -0.1) is 0 Å². The fourth-order valence-corrected chi connectivity index (χ4v) is 2.41. The molecule has 0 bridgehead atoms. The molecule has 0 saturated carbocycles. The molecule has 2 atom stereocenters. The summed E-state index contributed by atoms with van der Waals surface area (Å²) >= 11 is 0. The van der Waals surface area contributed by atoms with Gasteiger partial charge in [-0.3, -0.25) is 0 Å². The molecule has 0 radical (unpaired) electrons. The van der Waals surface area contributed by atoms with E-state index in [1.807, 2.05) is 41.5 Å². The highest BCUT2D eigenvalue weighted by Crippen LogP contribution is 2.20. The van der Waals surface area contributed by atoms with Gasteiger partial charge in [-0.05, 0) is 54.5 Å². The molecule has 1 aliphatic heterocycles. The minimum absolute atomic E-state index is 0.0243. The van der Waals surface area contributed by atoms with Crippen LogP contribution < -0.4 is 11.1 Å². The van der Waals surface area contributed by atoms with Crippen molar-refractivity contribution >= 4 is 12.2 Å². The number of hydrogen-bond donors (Lipinski definition) is 2. The van der Waals surface area contributed by atoms with Crippen LogP contribution in [0, 0.1) is 5.92 Å². The summed E-state index contributed by atoms with van der Waals surface area (Å²) in [5.74, 6) is -0.0243. The van der Waals surface area contributed by atoms with Gasteiger partial charge in [-0.1, -0.05) is 0 Å². The molecule has 0 unspecified atom stereocenters. The standard InChI is InChI=1S/C16H31N3O4/c1-15(2,3)22-13(20)18-12-7-8-19(10-11(12)9-17)14(21)23-16(4,5)6/h11-12H,7-10,17H2,1-6H3,(H,18,20)/t11-,12-/m1/s1. The molecule has 1 aliphatic rings. The predicted octanol–water partition coefficient (Wildman–Crippen LogP) is 2.10. The second-order valence-electron chi connectivity index (χ2n) is 7.96. The van der Waals surface area contributed by atoms with E-state index >= 15 is 0 Å². The zero-order valence-electron chi connectivity index (χ0n) is 15.1. The Bertz CT molecular complexity index is 426. The molecule has 1 saturated heterocycles. The number of carbonyl (C=O) groups is 2. The maximum atomic E-state index is 12.1. The van der Waals surface area contributed by atoms with E-state index in [4.69, 9.17) is 15.2 Å². The molecule has 1 heterocycles. The second kappa shape index (κ2) is 7.38. The van der Waals surface area contributed by atoms with Gasteiger partial charge < -0.3 is 25.4 Å². The topological polar surface area (TPSA) is 93.9 Å². The molecule has 7 heteroatoms. The molecule has 7 nitrogen and oxygen atoms in total. The van der Waals surface area contributed by atoms with Gasteiger partial charge in [0.2, 0.25) is 0 Å². The molecule has 23 heavy (non-hydrogen) atoms. The number of likely N-dealkylation sites (tertiary alicyclic amines) is 1. The first kappa shape index (κ1) is 19.5. The molecular weight excluding hydrogens is 298 g/mol. The van der Waals surface area contributed by atoms with Crippen LogP contribution in [0.4, 0.5) is 9.59 Å². The molecule has 134 valence electrons. The van der Waals surface area contributed by atoms with E-state index in [1.165, 1.54) is 0 Å². The molecule has 1 rings (SSSR count). The molecule has 0 aromatic carbocycles. The Hall–Kier alpha value is -1.50. The van der Waals surface area contributed by atoms with Crippen molar-refractivity contribution < 1.29 is 19.1 Å². The number of carbonyl (C=O) groups excluding carboxylic acids is 2. The largest absolute Gasteiger partial charge is 0.444 e. The number of hydrogen-bond acceptors (Lipinski definition) is 5. The average molecular weight is 329 g/mol. The molecule has 0 aromatic heterocycles. The summed E-state index contributed by atoms with van der Waals surface area (Å²) in [5, 5.41) is 2.86. The van der Waals surface area contributed by atoms with E-state index < -0.39 is 17.3 Å². The lowest BCUT2D eigenvalue weighted by atomic mass is 9.92. The monoisotopic (exact) mass is 329 g/mol.